The topological polar surface area (TPSA) is 145 Å². The van der Waals surface area contributed by atoms with Gasteiger partial charge in [-0.2, -0.15) is 0 Å². The molecule has 0 spiro atoms. The van der Waals surface area contributed by atoms with E-state index in [2.05, 4.69) is 101 Å². The highest BCUT2D eigenvalue weighted by Gasteiger charge is 2.52. The van der Waals surface area contributed by atoms with E-state index in [9.17, 15) is 8.78 Å². The highest BCUT2D eigenvalue weighted by atomic mass is 19.1. The first-order chi connectivity index (χ1) is 38.1. The predicted octanol–water partition coefficient (Wildman–Crippen LogP) is 12.5. The van der Waals surface area contributed by atoms with E-state index in [1.165, 1.54) is 12.1 Å². The molecule has 0 aliphatic carbocycles. The van der Waals surface area contributed by atoms with Crippen LogP contribution in [0, 0.1) is 32.4 Å². The molecule has 0 amide bonds. The molecule has 0 bridgehead atoms. The van der Waals surface area contributed by atoms with E-state index in [0.717, 1.165) is 116 Å². The molecule has 3 aromatic heterocycles. The summed E-state index contributed by atoms with van der Waals surface area (Å²) in [6, 6.07) is 43.9. The molecule has 6 heterocycles. The number of hydrogen-bond donors (Lipinski definition) is 3. The van der Waals surface area contributed by atoms with Crippen LogP contribution >= 0.6 is 0 Å². The Bertz CT molecular complexity index is 3700. The van der Waals surface area contributed by atoms with Gasteiger partial charge in [-0.05, 0) is 132 Å². The Morgan fingerprint density at radius 2 is 0.987 bits per heavy atom. The fourth-order valence-corrected chi connectivity index (χ4v) is 10.5. The minimum atomic E-state index is -0.492. The molecule has 402 valence electrons. The maximum absolute atomic E-state index is 15.0. The predicted molar refractivity (Wildman–Crippen MR) is 315 cm³/mol. The maximum Gasteiger partial charge on any atom is 0.494 e. The zero-order chi connectivity index (χ0) is 55.0. The number of nitrogens with one attached hydrogen (secondary N) is 2. The first-order valence-corrected chi connectivity index (χ1v) is 26.9. The molecule has 4 N–H and O–H groups in total. The van der Waals surface area contributed by atoms with E-state index >= 15 is 0 Å². The number of nitrogens with two attached hydrogens (primary N) is 1. The van der Waals surface area contributed by atoms with Crippen molar-refractivity contribution < 1.29 is 27.6 Å². The summed E-state index contributed by atoms with van der Waals surface area (Å²) in [5.41, 5.74) is 19.7. The molecule has 0 unspecified atom stereocenters. The third-order valence-corrected chi connectivity index (χ3v) is 15.5. The SMILES string of the molecule is Cc1c(-c2ccccc2F)nc2ccccc2c1Nc1cc(B2OC(C)(C)C(C)(C)O2)ccc1N1CCOCC1.Cc1cc(-c2ccc(N3CCOCC3)c(Nc3c(C)c(-c4ccccc4F)nc4ccccc34)c2)nc(N)n1. The van der Waals surface area contributed by atoms with Crippen LogP contribution in [0.15, 0.2) is 140 Å². The van der Waals surface area contributed by atoms with Gasteiger partial charge in [0.2, 0.25) is 5.95 Å². The van der Waals surface area contributed by atoms with Gasteiger partial charge < -0.3 is 44.9 Å². The zero-order valence-electron chi connectivity index (χ0n) is 45.7. The number of halogens is 2. The van der Waals surface area contributed by atoms with Gasteiger partial charge in [-0.3, -0.25) is 0 Å². The lowest BCUT2D eigenvalue weighted by molar-refractivity contribution is 0.00578. The Labute approximate surface area is 460 Å². The Morgan fingerprint density at radius 1 is 0.532 bits per heavy atom. The average Bonchev–Trinajstić information content (AvgIpc) is 3.94. The van der Waals surface area contributed by atoms with Crippen molar-refractivity contribution in [2.24, 2.45) is 0 Å². The standard InChI is InChI=1S/C32H35BFN3O3.C31H29FN6O/c1-21-29(23-10-6-8-12-25(23)34)35-26-13-9-7-11-24(26)30(21)36-27-20-22(33-39-31(2,3)32(4,5)40-33)14-15-28(27)37-16-18-38-19-17-37;1-19-17-26(37-31(33)34-19)21-11-12-28(38-13-15-39-16-14-38)27(18-21)36-30-20(2)29(22-7-3-5-9-24(22)32)35-25-10-6-4-8-23(25)30/h6-15,20H,16-19H2,1-5H3,(H,35,36);3-12,17-18H,13-16H2,1-2H3,(H,35,36)(H2,33,34,37). The van der Waals surface area contributed by atoms with Crippen LogP contribution in [0.3, 0.4) is 0 Å². The van der Waals surface area contributed by atoms with Crippen LogP contribution in [0.1, 0.15) is 44.5 Å². The summed E-state index contributed by atoms with van der Waals surface area (Å²) in [6.07, 6.45) is 0. The number of para-hydroxylation sites is 2. The van der Waals surface area contributed by atoms with E-state index in [-0.39, 0.29) is 17.6 Å². The highest BCUT2D eigenvalue weighted by molar-refractivity contribution is 6.62. The van der Waals surface area contributed by atoms with E-state index in [0.29, 0.717) is 48.9 Å². The van der Waals surface area contributed by atoms with Gasteiger partial charge in [0.25, 0.3) is 0 Å². The number of rotatable bonds is 10. The number of nitrogens with zero attached hydrogens (tertiary/aromatic N) is 6. The van der Waals surface area contributed by atoms with E-state index in [1.54, 1.807) is 24.3 Å². The van der Waals surface area contributed by atoms with Gasteiger partial charge in [0.1, 0.15) is 11.6 Å². The lowest BCUT2D eigenvalue weighted by Crippen LogP contribution is -2.41. The van der Waals surface area contributed by atoms with Gasteiger partial charge in [0.15, 0.2) is 0 Å². The second-order valence-corrected chi connectivity index (χ2v) is 21.2. The van der Waals surface area contributed by atoms with Crippen molar-refractivity contribution in [3.8, 4) is 33.8 Å². The summed E-state index contributed by atoms with van der Waals surface area (Å²) in [4.78, 5) is 23.1. The molecule has 13 nitrogen and oxygen atoms in total. The van der Waals surface area contributed by atoms with Crippen molar-refractivity contribution in [2.45, 2.75) is 59.7 Å². The van der Waals surface area contributed by atoms with Crippen LogP contribution in [0.25, 0.3) is 55.6 Å². The Morgan fingerprint density at radius 3 is 1.48 bits per heavy atom. The summed E-state index contributed by atoms with van der Waals surface area (Å²) in [7, 11) is -0.492. The third-order valence-electron chi connectivity index (χ3n) is 15.5. The number of benzene rings is 6. The smallest absolute Gasteiger partial charge is 0.399 e. The average molecular weight is 1060 g/mol. The lowest BCUT2D eigenvalue weighted by Gasteiger charge is -2.32. The Balaban J connectivity index is 0.000000167. The van der Waals surface area contributed by atoms with Crippen LogP contribution < -0.4 is 31.6 Å². The molecule has 0 saturated carbocycles. The van der Waals surface area contributed by atoms with Gasteiger partial charge in [-0.1, -0.05) is 72.8 Å². The molecule has 3 aliphatic heterocycles. The van der Waals surface area contributed by atoms with Crippen molar-refractivity contribution in [3.63, 3.8) is 0 Å². The number of aryl methyl sites for hydroxylation is 1. The Hall–Kier alpha value is -8.02. The molecular formula is C63H64BF2N9O4. The van der Waals surface area contributed by atoms with Crippen LogP contribution in [0.4, 0.5) is 48.9 Å². The molecule has 12 rings (SSSR count). The molecular weight excluding hydrogens is 996 g/mol. The fourth-order valence-electron chi connectivity index (χ4n) is 10.5. The van der Waals surface area contributed by atoms with Gasteiger partial charge >= 0.3 is 7.12 Å². The van der Waals surface area contributed by atoms with Gasteiger partial charge in [-0.15, -0.1) is 0 Å². The number of aromatic nitrogens is 4. The van der Waals surface area contributed by atoms with Gasteiger partial charge in [0, 0.05) is 59.3 Å². The minimum Gasteiger partial charge on any atom is -0.399 e. The molecule has 6 aromatic carbocycles. The molecule has 9 aromatic rings. The summed E-state index contributed by atoms with van der Waals surface area (Å²) in [5, 5.41) is 9.41. The first-order valence-electron chi connectivity index (χ1n) is 26.9. The summed E-state index contributed by atoms with van der Waals surface area (Å²) >= 11 is 0. The maximum atomic E-state index is 15.0. The molecule has 0 radical (unpaired) electrons. The number of anilines is 7. The van der Waals surface area contributed by atoms with E-state index in [1.807, 2.05) is 81.4 Å². The number of morpholine rings is 2. The quantitative estimate of drug-likeness (QED) is 0.112. The number of nitrogen functional groups attached to an aromatic ring is 1. The van der Waals surface area contributed by atoms with Crippen molar-refractivity contribution in [2.75, 3.05) is 78.8 Å². The lowest BCUT2D eigenvalue weighted by atomic mass is 9.78. The Kier molecular flexibility index (Phi) is 14.8. The van der Waals surface area contributed by atoms with Crippen LogP contribution in [-0.4, -0.2) is 90.9 Å². The van der Waals surface area contributed by atoms with Crippen molar-refractivity contribution >= 4 is 74.5 Å². The van der Waals surface area contributed by atoms with Crippen molar-refractivity contribution in [1.82, 2.24) is 19.9 Å². The van der Waals surface area contributed by atoms with Crippen LogP contribution in [0.5, 0.6) is 0 Å². The number of pyridine rings is 2. The molecule has 3 saturated heterocycles. The molecule has 3 aliphatic rings. The summed E-state index contributed by atoms with van der Waals surface area (Å²) in [5.74, 6) is -0.361. The largest absolute Gasteiger partial charge is 0.494 e. The van der Waals surface area contributed by atoms with Crippen molar-refractivity contribution in [1.29, 1.82) is 0 Å². The molecule has 3 fully saturated rings. The molecule has 79 heavy (non-hydrogen) atoms. The van der Waals surface area contributed by atoms with Crippen molar-refractivity contribution in [3.05, 3.63) is 168 Å². The van der Waals surface area contributed by atoms with Crippen LogP contribution in [-0.2, 0) is 18.8 Å². The van der Waals surface area contributed by atoms with Gasteiger partial charge in [-0.25, -0.2) is 28.7 Å². The summed E-state index contributed by atoms with van der Waals surface area (Å²) in [6.45, 7) is 19.9. The third kappa shape index (κ3) is 10.8. The highest BCUT2D eigenvalue weighted by Crippen LogP contribution is 2.43. The van der Waals surface area contributed by atoms with Crippen LogP contribution in [0.2, 0.25) is 0 Å². The first kappa shape index (κ1) is 53.0. The minimum absolute atomic E-state index is 0.238. The van der Waals surface area contributed by atoms with E-state index in [4.69, 9.17) is 34.5 Å². The number of hydrogen-bond acceptors (Lipinski definition) is 13. The fraction of sp³-hybridized carbons (Fsp3) is 0.270. The second-order valence-electron chi connectivity index (χ2n) is 21.2. The number of fused-ring (bicyclic) bond motifs is 2. The monoisotopic (exact) mass is 1060 g/mol. The van der Waals surface area contributed by atoms with Gasteiger partial charge in [0.05, 0.1) is 99.9 Å². The second kappa shape index (κ2) is 22.0. The summed E-state index contributed by atoms with van der Waals surface area (Å²) < 4.78 is 53.9. The number of ether oxygens (including phenoxy) is 2. The molecule has 16 heteroatoms. The van der Waals surface area contributed by atoms with E-state index < -0.39 is 18.3 Å². The molecule has 0 atom stereocenters. The zero-order valence-corrected chi connectivity index (χ0v) is 45.7. The normalized spacial score (nSPS) is 16.0.